The molecule has 2 rings (SSSR count). The van der Waals surface area contributed by atoms with E-state index in [1.54, 1.807) is 6.07 Å². The summed E-state index contributed by atoms with van der Waals surface area (Å²) in [5, 5.41) is 10.5. The summed E-state index contributed by atoms with van der Waals surface area (Å²) in [7, 11) is 0. The van der Waals surface area contributed by atoms with Crippen molar-refractivity contribution in [2.75, 3.05) is 24.6 Å². The molecule has 0 saturated carbocycles. The largest absolute Gasteiger partial charge is 0.373 e. The van der Waals surface area contributed by atoms with Crippen LogP contribution in [0.1, 0.15) is 48.5 Å². The predicted molar refractivity (Wildman–Crippen MR) is 101 cm³/mol. The Kier molecular flexibility index (Phi) is 15.2. The summed E-state index contributed by atoms with van der Waals surface area (Å²) in [6.07, 6.45) is 1.50. The number of morpholine rings is 1. The average molecular weight is 342 g/mol. The molecule has 7 heteroatoms. The molecule has 1 saturated heterocycles. The lowest BCUT2D eigenvalue weighted by Gasteiger charge is -2.35. The normalized spacial score (nSPS) is 17.0. The van der Waals surface area contributed by atoms with Gasteiger partial charge in [0.1, 0.15) is 0 Å². The molecule has 2 atom stereocenters. The second-order valence-electron chi connectivity index (χ2n) is 4.35. The SMILES string of the molecule is CC.CC.CC.CC(N)C1CN(c2ccc([N+](=O)[O-])nc2)CCO1. The number of nitrogens with zero attached hydrogens (tertiary/aromatic N) is 3. The van der Waals surface area contributed by atoms with Crippen LogP contribution in [0.2, 0.25) is 0 Å². The molecule has 2 heterocycles. The van der Waals surface area contributed by atoms with Crippen molar-refractivity contribution in [3.63, 3.8) is 0 Å². The van der Waals surface area contributed by atoms with E-state index in [1.165, 1.54) is 12.3 Å². The first-order chi connectivity index (χ1) is 11.6. The first kappa shape index (κ1) is 24.5. The number of nitro groups is 1. The molecule has 0 aromatic carbocycles. The van der Waals surface area contributed by atoms with E-state index in [2.05, 4.69) is 9.88 Å². The zero-order valence-electron chi connectivity index (χ0n) is 16.2. The monoisotopic (exact) mass is 342 g/mol. The summed E-state index contributed by atoms with van der Waals surface area (Å²) in [5.74, 6) is -0.143. The molecule has 7 nitrogen and oxygen atoms in total. The highest BCUT2D eigenvalue weighted by Crippen LogP contribution is 2.19. The van der Waals surface area contributed by atoms with Crippen molar-refractivity contribution < 1.29 is 9.66 Å². The summed E-state index contributed by atoms with van der Waals surface area (Å²) in [6.45, 7) is 15.9. The molecular weight excluding hydrogens is 308 g/mol. The third-order valence-electron chi connectivity index (χ3n) is 2.96. The van der Waals surface area contributed by atoms with Gasteiger partial charge in [-0.05, 0) is 22.9 Å². The van der Waals surface area contributed by atoms with Gasteiger partial charge in [-0.15, -0.1) is 0 Å². The van der Waals surface area contributed by atoms with Crippen LogP contribution in [0.25, 0.3) is 0 Å². The third-order valence-corrected chi connectivity index (χ3v) is 2.96. The predicted octanol–water partition coefficient (Wildman–Crippen LogP) is 3.62. The van der Waals surface area contributed by atoms with Crippen LogP contribution in [-0.4, -0.2) is 41.7 Å². The Morgan fingerprint density at radius 1 is 1.29 bits per heavy atom. The standard InChI is InChI=1S/C11H16N4O3.3C2H6/c1-8(12)10-7-14(4-5-18-10)9-2-3-11(13-6-9)15(16)17;3*1-2/h2-3,6,8,10H,4-5,7,12H2,1H3;3*1-2H3. The van der Waals surface area contributed by atoms with Crippen LogP contribution in [0, 0.1) is 10.1 Å². The second kappa shape index (κ2) is 14.8. The summed E-state index contributed by atoms with van der Waals surface area (Å²) in [5.41, 5.74) is 6.67. The summed E-state index contributed by atoms with van der Waals surface area (Å²) in [4.78, 5) is 15.9. The zero-order chi connectivity index (χ0) is 19.1. The first-order valence-corrected chi connectivity index (χ1v) is 8.80. The van der Waals surface area contributed by atoms with Gasteiger partial charge in [-0.2, -0.15) is 0 Å². The van der Waals surface area contributed by atoms with Crippen molar-refractivity contribution in [2.45, 2.75) is 60.6 Å². The number of pyridine rings is 1. The van der Waals surface area contributed by atoms with Gasteiger partial charge in [0.25, 0.3) is 0 Å². The number of ether oxygens (including phenoxy) is 1. The summed E-state index contributed by atoms with van der Waals surface area (Å²) < 4.78 is 5.56. The zero-order valence-corrected chi connectivity index (χ0v) is 16.2. The van der Waals surface area contributed by atoms with Gasteiger partial charge < -0.3 is 25.5 Å². The van der Waals surface area contributed by atoms with E-state index in [-0.39, 0.29) is 18.0 Å². The Morgan fingerprint density at radius 2 is 1.88 bits per heavy atom. The van der Waals surface area contributed by atoms with Crippen LogP contribution in [0.5, 0.6) is 0 Å². The van der Waals surface area contributed by atoms with Crippen molar-refractivity contribution in [1.82, 2.24) is 4.98 Å². The lowest BCUT2D eigenvalue weighted by atomic mass is 10.1. The maximum Gasteiger partial charge on any atom is 0.363 e. The van der Waals surface area contributed by atoms with Gasteiger partial charge in [-0.3, -0.25) is 0 Å². The molecule has 0 radical (unpaired) electrons. The van der Waals surface area contributed by atoms with Crippen LogP contribution in [0.3, 0.4) is 0 Å². The van der Waals surface area contributed by atoms with E-state index in [1.807, 2.05) is 48.5 Å². The van der Waals surface area contributed by atoms with Crippen molar-refractivity contribution in [3.05, 3.63) is 28.4 Å². The van der Waals surface area contributed by atoms with Gasteiger partial charge in [0, 0.05) is 25.2 Å². The van der Waals surface area contributed by atoms with Crippen LogP contribution < -0.4 is 10.6 Å². The molecule has 2 unspecified atom stereocenters. The highest BCUT2D eigenvalue weighted by molar-refractivity contribution is 5.47. The van der Waals surface area contributed by atoms with E-state index in [4.69, 9.17) is 10.5 Å². The Morgan fingerprint density at radius 3 is 2.29 bits per heavy atom. The maximum absolute atomic E-state index is 10.5. The topological polar surface area (TPSA) is 94.5 Å². The van der Waals surface area contributed by atoms with Crippen molar-refractivity contribution >= 4 is 11.5 Å². The van der Waals surface area contributed by atoms with Gasteiger partial charge in [0.05, 0.1) is 18.4 Å². The van der Waals surface area contributed by atoms with Gasteiger partial charge in [0.15, 0.2) is 6.20 Å². The molecule has 24 heavy (non-hydrogen) atoms. The fraction of sp³-hybridized carbons (Fsp3) is 0.706. The smallest absolute Gasteiger partial charge is 0.363 e. The molecule has 2 N–H and O–H groups in total. The van der Waals surface area contributed by atoms with Crippen molar-refractivity contribution in [3.8, 4) is 0 Å². The molecule has 0 amide bonds. The quantitative estimate of drug-likeness (QED) is 0.666. The van der Waals surface area contributed by atoms with Gasteiger partial charge in [-0.25, -0.2) is 0 Å². The molecular formula is C17H34N4O3. The number of hydrogen-bond donors (Lipinski definition) is 1. The average Bonchev–Trinajstić information content (AvgIpc) is 2.67. The summed E-state index contributed by atoms with van der Waals surface area (Å²) in [6, 6.07) is 3.07. The highest BCUT2D eigenvalue weighted by atomic mass is 16.6. The molecule has 1 fully saturated rings. The van der Waals surface area contributed by atoms with Crippen LogP contribution in [0.4, 0.5) is 11.5 Å². The molecule has 0 aliphatic carbocycles. The van der Waals surface area contributed by atoms with Crippen LogP contribution in [-0.2, 0) is 4.74 Å². The number of hydrogen-bond acceptors (Lipinski definition) is 6. The summed E-state index contributed by atoms with van der Waals surface area (Å²) >= 11 is 0. The van der Waals surface area contributed by atoms with Gasteiger partial charge in [-0.1, -0.05) is 41.5 Å². The Hall–Kier alpha value is -1.73. The molecule has 0 spiro atoms. The molecule has 140 valence electrons. The minimum atomic E-state index is -0.506. The Balaban J connectivity index is 0. The van der Waals surface area contributed by atoms with E-state index in [0.717, 1.165) is 12.2 Å². The molecule has 1 aromatic heterocycles. The molecule has 1 aromatic rings. The minimum Gasteiger partial charge on any atom is -0.373 e. The highest BCUT2D eigenvalue weighted by Gasteiger charge is 2.24. The number of nitrogens with two attached hydrogens (primary N) is 1. The lowest BCUT2D eigenvalue weighted by molar-refractivity contribution is -0.389. The van der Waals surface area contributed by atoms with Crippen LogP contribution >= 0.6 is 0 Å². The molecule has 1 aliphatic rings. The van der Waals surface area contributed by atoms with Crippen LogP contribution in [0.15, 0.2) is 18.3 Å². The fourth-order valence-electron chi connectivity index (χ4n) is 1.90. The second-order valence-corrected chi connectivity index (χ2v) is 4.35. The fourth-order valence-corrected chi connectivity index (χ4v) is 1.90. The van der Waals surface area contributed by atoms with Gasteiger partial charge >= 0.3 is 5.82 Å². The Labute approximate surface area is 146 Å². The van der Waals surface area contributed by atoms with E-state index < -0.39 is 4.92 Å². The first-order valence-electron chi connectivity index (χ1n) is 8.80. The maximum atomic E-state index is 10.5. The minimum absolute atomic E-state index is 0.0195. The third kappa shape index (κ3) is 8.21. The number of anilines is 1. The molecule has 0 bridgehead atoms. The van der Waals surface area contributed by atoms with Crippen molar-refractivity contribution in [1.29, 1.82) is 0 Å². The van der Waals surface area contributed by atoms with Crippen molar-refractivity contribution in [2.24, 2.45) is 5.73 Å². The lowest BCUT2D eigenvalue weighted by Crippen LogP contribution is -2.49. The number of aromatic nitrogens is 1. The van der Waals surface area contributed by atoms with Gasteiger partial charge in [0.2, 0.25) is 0 Å². The Bertz CT molecular complexity index is 424. The van der Waals surface area contributed by atoms with E-state index in [9.17, 15) is 10.1 Å². The van der Waals surface area contributed by atoms with E-state index in [0.29, 0.717) is 13.2 Å². The van der Waals surface area contributed by atoms with E-state index >= 15 is 0 Å². The number of rotatable bonds is 3. The molecule has 1 aliphatic heterocycles.